The number of rotatable bonds is 5. The number of nitro groups is 1. The van der Waals surface area contributed by atoms with Gasteiger partial charge in [-0.25, -0.2) is 0 Å². The standard InChI is InChI=1S/C13H17NO4/c1-13(2,9-12(15)18-3)8-10-4-6-11(7-5-10)14(16)17/h4-7H,8-9H2,1-3H3. The van der Waals surface area contributed by atoms with E-state index >= 15 is 0 Å². The number of carbonyl (C=O) groups excluding carboxylic acids is 1. The van der Waals surface area contributed by atoms with Gasteiger partial charge in [0.1, 0.15) is 0 Å². The fourth-order valence-electron chi connectivity index (χ4n) is 1.81. The average Bonchev–Trinajstić information content (AvgIpc) is 2.28. The van der Waals surface area contributed by atoms with Gasteiger partial charge < -0.3 is 4.74 Å². The molecule has 0 fully saturated rings. The number of hydrogen-bond donors (Lipinski definition) is 0. The number of ether oxygens (including phenoxy) is 1. The largest absolute Gasteiger partial charge is 0.469 e. The number of non-ortho nitro benzene ring substituents is 1. The molecule has 18 heavy (non-hydrogen) atoms. The Bertz CT molecular complexity index is 437. The van der Waals surface area contributed by atoms with Gasteiger partial charge in [-0.15, -0.1) is 0 Å². The van der Waals surface area contributed by atoms with Crippen molar-refractivity contribution < 1.29 is 14.5 Å². The van der Waals surface area contributed by atoms with Crippen LogP contribution in [0.3, 0.4) is 0 Å². The molecule has 0 aliphatic rings. The van der Waals surface area contributed by atoms with Crippen LogP contribution in [0.1, 0.15) is 25.8 Å². The summed E-state index contributed by atoms with van der Waals surface area (Å²) in [4.78, 5) is 21.3. The van der Waals surface area contributed by atoms with Crippen LogP contribution in [0.5, 0.6) is 0 Å². The van der Waals surface area contributed by atoms with E-state index in [0.717, 1.165) is 5.56 Å². The first kappa shape index (κ1) is 14.2. The number of esters is 1. The molecule has 0 aliphatic carbocycles. The van der Waals surface area contributed by atoms with Gasteiger partial charge in [0.2, 0.25) is 0 Å². The van der Waals surface area contributed by atoms with E-state index in [2.05, 4.69) is 4.74 Å². The zero-order chi connectivity index (χ0) is 13.8. The van der Waals surface area contributed by atoms with Crippen LogP contribution >= 0.6 is 0 Å². The summed E-state index contributed by atoms with van der Waals surface area (Å²) in [5.41, 5.74) is 0.808. The van der Waals surface area contributed by atoms with Crippen LogP contribution in [0.2, 0.25) is 0 Å². The molecular weight excluding hydrogens is 234 g/mol. The molecule has 0 saturated carbocycles. The lowest BCUT2D eigenvalue weighted by molar-refractivity contribution is -0.384. The minimum atomic E-state index is -0.427. The highest BCUT2D eigenvalue weighted by atomic mass is 16.6. The van der Waals surface area contributed by atoms with Crippen molar-refractivity contribution in [3.05, 3.63) is 39.9 Å². The van der Waals surface area contributed by atoms with E-state index < -0.39 is 4.92 Å². The predicted molar refractivity (Wildman–Crippen MR) is 67.2 cm³/mol. The Morgan fingerprint density at radius 1 is 1.33 bits per heavy atom. The molecule has 98 valence electrons. The summed E-state index contributed by atoms with van der Waals surface area (Å²) < 4.78 is 4.65. The number of methoxy groups -OCH3 is 1. The minimum absolute atomic E-state index is 0.0736. The molecule has 0 heterocycles. The molecular formula is C13H17NO4. The fourth-order valence-corrected chi connectivity index (χ4v) is 1.81. The van der Waals surface area contributed by atoms with Crippen LogP contribution in [0.25, 0.3) is 0 Å². The van der Waals surface area contributed by atoms with Crippen LogP contribution in [0, 0.1) is 15.5 Å². The van der Waals surface area contributed by atoms with Crippen molar-refractivity contribution in [1.82, 2.24) is 0 Å². The Morgan fingerprint density at radius 3 is 2.33 bits per heavy atom. The molecule has 0 bridgehead atoms. The van der Waals surface area contributed by atoms with Gasteiger partial charge in [-0.1, -0.05) is 26.0 Å². The highest BCUT2D eigenvalue weighted by molar-refractivity contribution is 5.70. The van der Waals surface area contributed by atoms with Crippen molar-refractivity contribution in [2.24, 2.45) is 5.41 Å². The van der Waals surface area contributed by atoms with Crippen molar-refractivity contribution in [3.8, 4) is 0 Å². The monoisotopic (exact) mass is 251 g/mol. The van der Waals surface area contributed by atoms with Crippen molar-refractivity contribution in [1.29, 1.82) is 0 Å². The lowest BCUT2D eigenvalue weighted by atomic mass is 9.83. The molecule has 0 aromatic heterocycles. The molecule has 0 atom stereocenters. The topological polar surface area (TPSA) is 69.4 Å². The lowest BCUT2D eigenvalue weighted by Gasteiger charge is -2.23. The molecule has 1 aromatic carbocycles. The second-order valence-corrected chi connectivity index (χ2v) is 5.02. The minimum Gasteiger partial charge on any atom is -0.469 e. The van der Waals surface area contributed by atoms with Crippen LogP contribution in [-0.4, -0.2) is 18.0 Å². The van der Waals surface area contributed by atoms with Gasteiger partial charge in [0.25, 0.3) is 5.69 Å². The Kier molecular flexibility index (Phi) is 4.42. The molecule has 0 radical (unpaired) electrons. The summed E-state index contributed by atoms with van der Waals surface area (Å²) in [5, 5.41) is 10.5. The van der Waals surface area contributed by atoms with Crippen LogP contribution in [0.4, 0.5) is 5.69 Å². The summed E-state index contributed by atoms with van der Waals surface area (Å²) in [6.07, 6.45) is 0.987. The van der Waals surface area contributed by atoms with Crippen LogP contribution < -0.4 is 0 Å². The van der Waals surface area contributed by atoms with Crippen molar-refractivity contribution in [2.75, 3.05) is 7.11 Å². The lowest BCUT2D eigenvalue weighted by Crippen LogP contribution is -2.20. The summed E-state index contributed by atoms with van der Waals surface area (Å²) in [5.74, 6) is -0.248. The fraction of sp³-hybridized carbons (Fsp3) is 0.462. The van der Waals surface area contributed by atoms with E-state index in [-0.39, 0.29) is 17.1 Å². The smallest absolute Gasteiger partial charge is 0.306 e. The SMILES string of the molecule is COC(=O)CC(C)(C)Cc1ccc([N+](=O)[O-])cc1. The third kappa shape index (κ3) is 4.16. The average molecular weight is 251 g/mol. The van der Waals surface area contributed by atoms with Gasteiger partial charge in [-0.3, -0.25) is 14.9 Å². The van der Waals surface area contributed by atoms with E-state index in [1.807, 2.05) is 13.8 Å². The van der Waals surface area contributed by atoms with Gasteiger partial charge in [0.05, 0.1) is 18.5 Å². The molecule has 0 spiro atoms. The first-order valence-corrected chi connectivity index (χ1v) is 5.64. The van der Waals surface area contributed by atoms with E-state index in [9.17, 15) is 14.9 Å². The van der Waals surface area contributed by atoms with Crippen molar-refractivity contribution in [3.63, 3.8) is 0 Å². The first-order valence-electron chi connectivity index (χ1n) is 5.64. The normalized spacial score (nSPS) is 11.1. The first-order chi connectivity index (χ1) is 8.34. The molecule has 0 amide bonds. The predicted octanol–water partition coefficient (Wildman–Crippen LogP) is 2.73. The number of hydrogen-bond acceptors (Lipinski definition) is 4. The summed E-state index contributed by atoms with van der Waals surface area (Å²) in [6, 6.07) is 6.39. The molecule has 0 aliphatic heterocycles. The zero-order valence-corrected chi connectivity index (χ0v) is 10.8. The van der Waals surface area contributed by atoms with Gasteiger partial charge in [0.15, 0.2) is 0 Å². The molecule has 0 saturated heterocycles. The van der Waals surface area contributed by atoms with E-state index in [1.165, 1.54) is 19.2 Å². The maximum absolute atomic E-state index is 11.2. The Morgan fingerprint density at radius 2 is 1.89 bits per heavy atom. The van der Waals surface area contributed by atoms with Gasteiger partial charge in [-0.05, 0) is 17.4 Å². The van der Waals surface area contributed by atoms with Crippen molar-refractivity contribution >= 4 is 11.7 Å². The zero-order valence-electron chi connectivity index (χ0n) is 10.8. The van der Waals surface area contributed by atoms with E-state index in [4.69, 9.17) is 0 Å². The Labute approximate surface area is 106 Å². The van der Waals surface area contributed by atoms with Gasteiger partial charge in [0, 0.05) is 12.1 Å². The molecule has 1 aromatic rings. The second kappa shape index (κ2) is 5.62. The summed E-state index contributed by atoms with van der Waals surface area (Å²) in [6.45, 7) is 3.93. The quantitative estimate of drug-likeness (QED) is 0.458. The van der Waals surface area contributed by atoms with Crippen molar-refractivity contribution in [2.45, 2.75) is 26.7 Å². The molecule has 5 nitrogen and oxygen atoms in total. The van der Waals surface area contributed by atoms with E-state index in [1.54, 1.807) is 12.1 Å². The van der Waals surface area contributed by atoms with E-state index in [0.29, 0.717) is 12.8 Å². The molecule has 1 rings (SSSR count). The maximum atomic E-state index is 11.2. The third-order valence-electron chi connectivity index (χ3n) is 2.68. The number of nitrogens with zero attached hydrogens (tertiary/aromatic N) is 1. The maximum Gasteiger partial charge on any atom is 0.306 e. The summed E-state index contributed by atoms with van der Waals surface area (Å²) in [7, 11) is 1.37. The Hall–Kier alpha value is -1.91. The van der Waals surface area contributed by atoms with Gasteiger partial charge in [-0.2, -0.15) is 0 Å². The second-order valence-electron chi connectivity index (χ2n) is 5.02. The van der Waals surface area contributed by atoms with Crippen LogP contribution in [-0.2, 0) is 16.0 Å². The Balaban J connectivity index is 2.71. The molecule has 0 N–H and O–H groups in total. The highest BCUT2D eigenvalue weighted by Gasteiger charge is 2.23. The third-order valence-corrected chi connectivity index (χ3v) is 2.68. The van der Waals surface area contributed by atoms with Crippen LogP contribution in [0.15, 0.2) is 24.3 Å². The molecule has 5 heteroatoms. The molecule has 0 unspecified atom stereocenters. The number of nitro benzene ring substituents is 1. The van der Waals surface area contributed by atoms with Gasteiger partial charge >= 0.3 is 5.97 Å². The number of carbonyl (C=O) groups is 1. The summed E-state index contributed by atoms with van der Waals surface area (Å²) >= 11 is 0. The highest BCUT2D eigenvalue weighted by Crippen LogP contribution is 2.27. The number of benzene rings is 1.